The number of ether oxygens (including phenoxy) is 1. The second-order valence-corrected chi connectivity index (χ2v) is 5.75. The van der Waals surface area contributed by atoms with Gasteiger partial charge in [0.15, 0.2) is 0 Å². The van der Waals surface area contributed by atoms with Crippen molar-refractivity contribution in [3.63, 3.8) is 0 Å². The summed E-state index contributed by atoms with van der Waals surface area (Å²) in [6.45, 7) is 0. The van der Waals surface area contributed by atoms with Gasteiger partial charge in [0, 0.05) is 11.6 Å². The Morgan fingerprint density at radius 2 is 2.17 bits per heavy atom. The van der Waals surface area contributed by atoms with E-state index >= 15 is 0 Å². The van der Waals surface area contributed by atoms with Gasteiger partial charge < -0.3 is 10.5 Å². The Kier molecular flexibility index (Phi) is 3.02. The average molecular weight is 249 g/mol. The normalized spacial score (nSPS) is 31.6. The van der Waals surface area contributed by atoms with E-state index in [4.69, 9.17) is 10.5 Å². The van der Waals surface area contributed by atoms with E-state index in [1.54, 1.807) is 13.2 Å². The van der Waals surface area contributed by atoms with Gasteiger partial charge in [0.2, 0.25) is 0 Å². The van der Waals surface area contributed by atoms with Gasteiger partial charge in [-0.05, 0) is 55.2 Å². The van der Waals surface area contributed by atoms with E-state index in [2.05, 4.69) is 0 Å². The molecule has 2 aliphatic rings. The van der Waals surface area contributed by atoms with Crippen molar-refractivity contribution < 1.29 is 9.13 Å². The van der Waals surface area contributed by atoms with Gasteiger partial charge in [-0.25, -0.2) is 4.39 Å². The van der Waals surface area contributed by atoms with Crippen LogP contribution < -0.4 is 10.5 Å². The van der Waals surface area contributed by atoms with Crippen LogP contribution in [0.15, 0.2) is 18.2 Å². The van der Waals surface area contributed by atoms with Crippen LogP contribution in [-0.4, -0.2) is 7.11 Å². The maximum absolute atomic E-state index is 13.4. The van der Waals surface area contributed by atoms with Crippen molar-refractivity contribution in [3.8, 4) is 5.75 Å². The quantitative estimate of drug-likeness (QED) is 0.892. The molecule has 2 saturated carbocycles. The lowest BCUT2D eigenvalue weighted by atomic mass is 9.80. The molecule has 0 saturated heterocycles. The van der Waals surface area contributed by atoms with Crippen LogP contribution in [0.4, 0.5) is 4.39 Å². The van der Waals surface area contributed by atoms with Crippen LogP contribution in [-0.2, 0) is 0 Å². The van der Waals surface area contributed by atoms with Gasteiger partial charge in [-0.15, -0.1) is 0 Å². The van der Waals surface area contributed by atoms with E-state index in [-0.39, 0.29) is 11.9 Å². The highest BCUT2D eigenvalue weighted by Gasteiger charge is 2.42. The smallest absolute Gasteiger partial charge is 0.123 e. The summed E-state index contributed by atoms with van der Waals surface area (Å²) in [6.07, 6.45) is 5.16. The molecule has 0 amide bonds. The zero-order chi connectivity index (χ0) is 12.7. The monoisotopic (exact) mass is 249 g/mol. The molecule has 4 unspecified atom stereocenters. The van der Waals surface area contributed by atoms with Crippen LogP contribution >= 0.6 is 0 Å². The third-order valence-electron chi connectivity index (χ3n) is 4.80. The highest BCUT2D eigenvalue weighted by Crippen LogP contribution is 2.52. The summed E-state index contributed by atoms with van der Waals surface area (Å²) in [4.78, 5) is 0. The van der Waals surface area contributed by atoms with E-state index in [1.165, 1.54) is 37.8 Å². The van der Waals surface area contributed by atoms with Crippen LogP contribution in [0.5, 0.6) is 5.75 Å². The number of rotatable bonds is 3. The molecule has 18 heavy (non-hydrogen) atoms. The Bertz CT molecular complexity index is 448. The van der Waals surface area contributed by atoms with Gasteiger partial charge in [-0.3, -0.25) is 0 Å². The average Bonchev–Trinajstić information content (AvgIpc) is 3.00. The van der Waals surface area contributed by atoms with Crippen molar-refractivity contribution in [1.82, 2.24) is 0 Å². The van der Waals surface area contributed by atoms with Gasteiger partial charge in [-0.2, -0.15) is 0 Å². The van der Waals surface area contributed by atoms with E-state index in [1.807, 2.05) is 0 Å². The molecule has 1 aromatic rings. The number of hydrogen-bond donors (Lipinski definition) is 1. The first-order valence-electron chi connectivity index (χ1n) is 6.78. The van der Waals surface area contributed by atoms with Crippen molar-refractivity contribution >= 4 is 0 Å². The van der Waals surface area contributed by atoms with Crippen LogP contribution in [0.25, 0.3) is 0 Å². The van der Waals surface area contributed by atoms with Crippen molar-refractivity contribution in [2.45, 2.75) is 31.7 Å². The minimum atomic E-state index is -0.232. The minimum absolute atomic E-state index is 0.0917. The maximum Gasteiger partial charge on any atom is 0.123 e. The molecule has 2 bridgehead atoms. The Hall–Kier alpha value is -1.09. The second kappa shape index (κ2) is 4.54. The SMILES string of the molecule is COc1ccc(F)cc1C(N)C1CC2CCC1C2. The molecule has 0 aliphatic heterocycles. The van der Waals surface area contributed by atoms with Gasteiger partial charge in [0.05, 0.1) is 7.11 Å². The Morgan fingerprint density at radius 3 is 2.78 bits per heavy atom. The lowest BCUT2D eigenvalue weighted by molar-refractivity contribution is 0.278. The highest BCUT2D eigenvalue weighted by molar-refractivity contribution is 5.37. The summed E-state index contributed by atoms with van der Waals surface area (Å²) < 4.78 is 18.7. The van der Waals surface area contributed by atoms with Crippen molar-refractivity contribution in [3.05, 3.63) is 29.6 Å². The van der Waals surface area contributed by atoms with Crippen LogP contribution in [0, 0.1) is 23.6 Å². The van der Waals surface area contributed by atoms with Crippen LogP contribution in [0.2, 0.25) is 0 Å². The predicted molar refractivity (Wildman–Crippen MR) is 68.8 cm³/mol. The first kappa shape index (κ1) is 12.0. The molecule has 4 atom stereocenters. The number of methoxy groups -OCH3 is 1. The first-order valence-corrected chi connectivity index (χ1v) is 6.78. The molecule has 2 aliphatic carbocycles. The van der Waals surface area contributed by atoms with Crippen LogP contribution in [0.1, 0.15) is 37.3 Å². The fourth-order valence-corrected chi connectivity index (χ4v) is 3.93. The fourth-order valence-electron chi connectivity index (χ4n) is 3.93. The molecule has 98 valence electrons. The van der Waals surface area contributed by atoms with E-state index in [0.29, 0.717) is 11.7 Å². The first-order chi connectivity index (χ1) is 8.69. The van der Waals surface area contributed by atoms with Gasteiger partial charge >= 0.3 is 0 Å². The second-order valence-electron chi connectivity index (χ2n) is 5.75. The van der Waals surface area contributed by atoms with E-state index in [9.17, 15) is 4.39 Å². The molecular weight excluding hydrogens is 229 g/mol. The molecule has 3 heteroatoms. The highest BCUT2D eigenvalue weighted by atomic mass is 19.1. The summed E-state index contributed by atoms with van der Waals surface area (Å²) >= 11 is 0. The predicted octanol–water partition coefficient (Wildman–Crippen LogP) is 3.27. The number of fused-ring (bicyclic) bond motifs is 2. The van der Waals surface area contributed by atoms with E-state index < -0.39 is 0 Å². The Labute approximate surface area is 107 Å². The fraction of sp³-hybridized carbons (Fsp3) is 0.600. The lowest BCUT2D eigenvalue weighted by Gasteiger charge is -2.28. The van der Waals surface area contributed by atoms with E-state index in [0.717, 1.165) is 17.4 Å². The molecule has 2 fully saturated rings. The molecule has 0 heterocycles. The summed E-state index contributed by atoms with van der Waals surface area (Å²) in [5.74, 6) is 2.57. The number of nitrogens with two attached hydrogens (primary N) is 1. The molecule has 0 radical (unpaired) electrons. The lowest BCUT2D eigenvalue weighted by Crippen LogP contribution is -2.26. The number of benzene rings is 1. The molecule has 0 spiro atoms. The number of hydrogen-bond acceptors (Lipinski definition) is 2. The molecule has 2 N–H and O–H groups in total. The molecule has 2 nitrogen and oxygen atoms in total. The largest absolute Gasteiger partial charge is 0.496 e. The maximum atomic E-state index is 13.4. The van der Waals surface area contributed by atoms with Crippen LogP contribution in [0.3, 0.4) is 0 Å². The summed E-state index contributed by atoms with van der Waals surface area (Å²) in [6, 6.07) is 4.55. The summed E-state index contributed by atoms with van der Waals surface area (Å²) in [7, 11) is 1.62. The topological polar surface area (TPSA) is 35.2 Å². The summed E-state index contributed by atoms with van der Waals surface area (Å²) in [5, 5.41) is 0. The summed E-state index contributed by atoms with van der Waals surface area (Å²) in [5.41, 5.74) is 7.21. The molecular formula is C15H20FNO. The van der Waals surface area contributed by atoms with Gasteiger partial charge in [-0.1, -0.05) is 6.42 Å². The molecule has 1 aromatic carbocycles. The third kappa shape index (κ3) is 1.91. The van der Waals surface area contributed by atoms with Crippen molar-refractivity contribution in [1.29, 1.82) is 0 Å². The Balaban J connectivity index is 1.87. The zero-order valence-corrected chi connectivity index (χ0v) is 10.7. The Morgan fingerprint density at radius 1 is 1.33 bits per heavy atom. The van der Waals surface area contributed by atoms with Crippen molar-refractivity contribution in [2.75, 3.05) is 7.11 Å². The minimum Gasteiger partial charge on any atom is -0.496 e. The molecule has 3 rings (SSSR count). The van der Waals surface area contributed by atoms with Crippen molar-refractivity contribution in [2.24, 2.45) is 23.5 Å². The number of halogens is 1. The zero-order valence-electron chi connectivity index (χ0n) is 10.7. The third-order valence-corrected chi connectivity index (χ3v) is 4.80. The standard InChI is InChI=1S/C15H20FNO/c1-18-14-5-4-11(16)8-13(14)15(17)12-7-9-2-3-10(12)6-9/h4-5,8-10,12,15H,2-3,6-7,17H2,1H3. The van der Waals surface area contributed by atoms with Gasteiger partial charge in [0.25, 0.3) is 0 Å². The molecule has 0 aromatic heterocycles. The van der Waals surface area contributed by atoms with Gasteiger partial charge in [0.1, 0.15) is 11.6 Å².